The van der Waals surface area contributed by atoms with Crippen LogP contribution in [0.15, 0.2) is 0 Å². The van der Waals surface area contributed by atoms with Gasteiger partial charge >= 0.3 is 0 Å². The van der Waals surface area contributed by atoms with Gasteiger partial charge in [-0.05, 0) is 0 Å². The van der Waals surface area contributed by atoms with E-state index in [0.29, 0.717) is 6.54 Å². The molecule has 1 heterocycles. The molecule has 0 bridgehead atoms. The van der Waals surface area contributed by atoms with Crippen LogP contribution in [-0.2, 0) is 9.47 Å². The zero-order valence-corrected chi connectivity index (χ0v) is 8.72. The van der Waals surface area contributed by atoms with E-state index < -0.39 is 6.10 Å². The molecule has 0 spiro atoms. The Labute approximate surface area is 84.2 Å². The van der Waals surface area contributed by atoms with Gasteiger partial charge in [-0.3, -0.25) is 4.90 Å². The Hall–Kier alpha value is -0.200. The first-order valence-electron chi connectivity index (χ1n) is 4.78. The summed E-state index contributed by atoms with van der Waals surface area (Å²) in [5.74, 6) is 0. The molecule has 0 aromatic heterocycles. The van der Waals surface area contributed by atoms with E-state index >= 15 is 0 Å². The molecule has 0 saturated carbocycles. The highest BCUT2D eigenvalue weighted by Gasteiger charge is 2.33. The minimum atomic E-state index is -0.678. The minimum absolute atomic E-state index is 0.0610. The van der Waals surface area contributed by atoms with E-state index in [1.165, 1.54) is 0 Å². The van der Waals surface area contributed by atoms with Crippen LogP contribution in [0.3, 0.4) is 0 Å². The minimum Gasteiger partial charge on any atom is -0.394 e. The van der Waals surface area contributed by atoms with Gasteiger partial charge in [0, 0.05) is 33.9 Å². The Balaban J connectivity index is 2.37. The van der Waals surface area contributed by atoms with E-state index in [0.717, 1.165) is 13.1 Å². The van der Waals surface area contributed by atoms with E-state index in [9.17, 15) is 5.11 Å². The predicted octanol–water partition coefficient (Wildman–Crippen LogP) is -1.31. The van der Waals surface area contributed by atoms with Gasteiger partial charge in [-0.2, -0.15) is 0 Å². The Bertz CT molecular complexity index is 155. The second kappa shape index (κ2) is 5.63. The fraction of sp³-hybridized carbons (Fsp3) is 1.00. The van der Waals surface area contributed by atoms with Gasteiger partial charge in [-0.25, -0.2) is 0 Å². The molecule has 3 atom stereocenters. The Morgan fingerprint density at radius 1 is 1.29 bits per heavy atom. The molecule has 1 fully saturated rings. The fourth-order valence-corrected chi connectivity index (χ4v) is 1.78. The maximum atomic E-state index is 9.26. The van der Waals surface area contributed by atoms with E-state index in [1.807, 2.05) is 4.90 Å². The number of ether oxygens (including phenoxy) is 2. The van der Waals surface area contributed by atoms with Crippen molar-refractivity contribution in [3.05, 3.63) is 0 Å². The number of rotatable bonds is 5. The molecule has 5 heteroatoms. The zero-order valence-electron chi connectivity index (χ0n) is 8.72. The van der Waals surface area contributed by atoms with Crippen LogP contribution in [-0.4, -0.2) is 73.9 Å². The quantitative estimate of drug-likeness (QED) is 0.583. The molecule has 0 aliphatic carbocycles. The molecule has 0 aromatic rings. The number of aliphatic hydroxyl groups is 2. The summed E-state index contributed by atoms with van der Waals surface area (Å²) < 4.78 is 10.5. The lowest BCUT2D eigenvalue weighted by Crippen LogP contribution is -2.33. The molecule has 1 saturated heterocycles. The van der Waals surface area contributed by atoms with Crippen molar-refractivity contribution < 1.29 is 19.7 Å². The van der Waals surface area contributed by atoms with Gasteiger partial charge in [0.2, 0.25) is 0 Å². The average Bonchev–Trinajstić information content (AvgIpc) is 2.59. The van der Waals surface area contributed by atoms with Crippen molar-refractivity contribution in [1.29, 1.82) is 0 Å². The van der Waals surface area contributed by atoms with Crippen LogP contribution in [0.2, 0.25) is 0 Å². The van der Waals surface area contributed by atoms with Crippen molar-refractivity contribution in [2.75, 3.05) is 40.5 Å². The molecule has 5 nitrogen and oxygen atoms in total. The number of β-amino-alcohol motifs (C(OH)–C–C–N with tert-alkyl or cyclic N) is 1. The van der Waals surface area contributed by atoms with Gasteiger partial charge in [-0.1, -0.05) is 0 Å². The van der Waals surface area contributed by atoms with Gasteiger partial charge < -0.3 is 19.7 Å². The third-order valence-corrected chi connectivity index (χ3v) is 2.58. The first-order chi connectivity index (χ1) is 6.71. The van der Waals surface area contributed by atoms with Crippen LogP contribution in [0.1, 0.15) is 0 Å². The van der Waals surface area contributed by atoms with Gasteiger partial charge in [0.05, 0.1) is 24.9 Å². The summed E-state index contributed by atoms with van der Waals surface area (Å²) in [5.41, 5.74) is 0. The molecule has 3 unspecified atom stereocenters. The number of aliphatic hydroxyl groups excluding tert-OH is 2. The molecule has 84 valence electrons. The SMILES string of the molecule is COC1CN(CC(O)CO)CC1OC. The molecule has 1 rings (SSSR count). The van der Waals surface area contributed by atoms with Crippen molar-refractivity contribution in [3.63, 3.8) is 0 Å². The highest BCUT2D eigenvalue weighted by molar-refractivity contribution is 4.86. The van der Waals surface area contributed by atoms with Crippen LogP contribution in [0.4, 0.5) is 0 Å². The molecular formula is C9H19NO4. The highest BCUT2D eigenvalue weighted by Crippen LogP contribution is 2.15. The van der Waals surface area contributed by atoms with Crippen LogP contribution in [0, 0.1) is 0 Å². The normalized spacial score (nSPS) is 30.9. The number of nitrogens with zero attached hydrogens (tertiary/aromatic N) is 1. The van der Waals surface area contributed by atoms with Crippen LogP contribution < -0.4 is 0 Å². The van der Waals surface area contributed by atoms with Gasteiger partial charge in [0.15, 0.2) is 0 Å². The maximum absolute atomic E-state index is 9.26. The third kappa shape index (κ3) is 2.90. The smallest absolute Gasteiger partial charge is 0.0971 e. The van der Waals surface area contributed by atoms with Gasteiger partial charge in [-0.15, -0.1) is 0 Å². The number of methoxy groups -OCH3 is 2. The largest absolute Gasteiger partial charge is 0.394 e. The maximum Gasteiger partial charge on any atom is 0.0971 e. The number of likely N-dealkylation sites (tertiary alicyclic amines) is 1. The molecule has 0 aromatic carbocycles. The fourth-order valence-electron chi connectivity index (χ4n) is 1.78. The number of hydrogen-bond donors (Lipinski definition) is 2. The average molecular weight is 205 g/mol. The first kappa shape index (κ1) is 11.9. The molecule has 0 radical (unpaired) electrons. The van der Waals surface area contributed by atoms with Crippen molar-refractivity contribution in [2.45, 2.75) is 18.3 Å². The lowest BCUT2D eigenvalue weighted by Gasteiger charge is -2.17. The molecule has 0 amide bonds. The summed E-state index contributed by atoms with van der Waals surface area (Å²) >= 11 is 0. The second-order valence-corrected chi connectivity index (χ2v) is 3.60. The highest BCUT2D eigenvalue weighted by atomic mass is 16.5. The van der Waals surface area contributed by atoms with Crippen molar-refractivity contribution in [2.24, 2.45) is 0 Å². The lowest BCUT2D eigenvalue weighted by molar-refractivity contribution is -0.00461. The Morgan fingerprint density at radius 2 is 1.79 bits per heavy atom. The molecule has 14 heavy (non-hydrogen) atoms. The molecule has 1 aliphatic heterocycles. The molecule has 2 N–H and O–H groups in total. The van der Waals surface area contributed by atoms with E-state index in [4.69, 9.17) is 14.6 Å². The van der Waals surface area contributed by atoms with Crippen LogP contribution in [0.25, 0.3) is 0 Å². The Kier molecular flexibility index (Phi) is 4.77. The van der Waals surface area contributed by atoms with Crippen LogP contribution >= 0.6 is 0 Å². The topological polar surface area (TPSA) is 62.2 Å². The second-order valence-electron chi connectivity index (χ2n) is 3.60. The van der Waals surface area contributed by atoms with Crippen molar-refractivity contribution in [1.82, 2.24) is 4.90 Å². The summed E-state index contributed by atoms with van der Waals surface area (Å²) in [6.07, 6.45) is -0.556. The zero-order chi connectivity index (χ0) is 10.6. The van der Waals surface area contributed by atoms with E-state index in [2.05, 4.69) is 0 Å². The summed E-state index contributed by atoms with van der Waals surface area (Å²) in [5, 5.41) is 18.0. The summed E-state index contributed by atoms with van der Waals surface area (Å²) in [6.45, 7) is 1.75. The molecule has 1 aliphatic rings. The first-order valence-corrected chi connectivity index (χ1v) is 4.78. The Morgan fingerprint density at radius 3 is 2.14 bits per heavy atom. The van der Waals surface area contributed by atoms with E-state index in [1.54, 1.807) is 14.2 Å². The van der Waals surface area contributed by atoms with Crippen molar-refractivity contribution in [3.8, 4) is 0 Å². The monoisotopic (exact) mass is 205 g/mol. The summed E-state index contributed by atoms with van der Waals surface area (Å²) in [6, 6.07) is 0. The van der Waals surface area contributed by atoms with Crippen LogP contribution in [0.5, 0.6) is 0 Å². The van der Waals surface area contributed by atoms with Gasteiger partial charge in [0.25, 0.3) is 0 Å². The summed E-state index contributed by atoms with van der Waals surface area (Å²) in [4.78, 5) is 2.03. The molecular weight excluding hydrogens is 186 g/mol. The van der Waals surface area contributed by atoms with Gasteiger partial charge in [0.1, 0.15) is 0 Å². The predicted molar refractivity (Wildman–Crippen MR) is 51.1 cm³/mol. The van der Waals surface area contributed by atoms with Crippen molar-refractivity contribution >= 4 is 0 Å². The number of hydrogen-bond acceptors (Lipinski definition) is 5. The summed E-state index contributed by atoms with van der Waals surface area (Å²) in [7, 11) is 3.31. The van der Waals surface area contributed by atoms with E-state index in [-0.39, 0.29) is 18.8 Å². The standard InChI is InChI=1S/C9H19NO4/c1-13-8-4-10(3-7(12)6-11)5-9(8)14-2/h7-9,11-12H,3-6H2,1-2H3. The lowest BCUT2D eigenvalue weighted by atomic mass is 10.3. The third-order valence-electron chi connectivity index (χ3n) is 2.58.